The molecular weight excluding hydrogens is 433 g/mol. The number of aliphatic imine (C=N–C) groups is 1. The topological polar surface area (TPSA) is 114 Å². The summed E-state index contributed by atoms with van der Waals surface area (Å²) in [6.07, 6.45) is 1.48. The van der Waals surface area contributed by atoms with Gasteiger partial charge in [-0.1, -0.05) is 37.0 Å². The molecule has 0 radical (unpaired) electrons. The maximum absolute atomic E-state index is 13.0. The normalized spacial score (nSPS) is 19.1. The largest absolute Gasteiger partial charge is 0.426 e. The van der Waals surface area contributed by atoms with Crippen molar-refractivity contribution in [2.75, 3.05) is 0 Å². The van der Waals surface area contributed by atoms with Gasteiger partial charge in [-0.2, -0.15) is 0 Å². The molecule has 10 heteroatoms. The molecule has 2 N–H and O–H groups in total. The molecule has 0 unspecified atom stereocenters. The molecular formula is C20H17Cl2N3O5. The number of Topliss-reactive ketones (excluding diaryl/α,β-unsaturated/α-hetero) is 1. The van der Waals surface area contributed by atoms with E-state index in [4.69, 9.17) is 27.9 Å². The first-order valence-electron chi connectivity index (χ1n) is 8.80. The van der Waals surface area contributed by atoms with Crippen LogP contribution < -0.4 is 15.4 Å². The number of carbonyl (C=O) groups is 4. The van der Waals surface area contributed by atoms with E-state index in [2.05, 4.69) is 15.6 Å². The fourth-order valence-corrected chi connectivity index (χ4v) is 3.94. The first-order chi connectivity index (χ1) is 14.0. The number of allylic oxidation sites excluding steroid dienone is 2. The standard InChI is InChI=1S/C20H17Cl2N3O5/c1-9(27)23-14-6-13(17-16(18(14)29)20(2,3)7-15(28)25-17)24-10-4-11(21)19(30-8-26)12(22)5-10/h4-6,8H,7H2,1-3H3,(H,23,27)(H,25,28). The first kappa shape index (κ1) is 21.7. The van der Waals surface area contributed by atoms with Gasteiger partial charge in [0.1, 0.15) is 0 Å². The van der Waals surface area contributed by atoms with Crippen molar-refractivity contribution in [3.8, 4) is 5.75 Å². The third-order valence-electron chi connectivity index (χ3n) is 4.51. The third-order valence-corrected chi connectivity index (χ3v) is 5.07. The quantitative estimate of drug-likeness (QED) is 0.541. The molecule has 0 spiro atoms. The second-order valence-corrected chi connectivity index (χ2v) is 8.19. The Morgan fingerprint density at radius 3 is 2.47 bits per heavy atom. The Labute approximate surface area is 182 Å². The molecule has 0 saturated heterocycles. The number of benzene rings is 1. The molecule has 1 aliphatic carbocycles. The second-order valence-electron chi connectivity index (χ2n) is 7.38. The molecule has 156 valence electrons. The van der Waals surface area contributed by atoms with Crippen LogP contribution in [0.1, 0.15) is 27.2 Å². The zero-order valence-corrected chi connectivity index (χ0v) is 17.8. The van der Waals surface area contributed by atoms with Crippen LogP contribution in [0.3, 0.4) is 0 Å². The molecule has 1 aromatic rings. The minimum atomic E-state index is -0.773. The lowest BCUT2D eigenvalue weighted by Gasteiger charge is -2.36. The van der Waals surface area contributed by atoms with Crippen LogP contribution in [0.5, 0.6) is 5.75 Å². The van der Waals surface area contributed by atoms with Gasteiger partial charge in [-0.05, 0) is 18.2 Å². The summed E-state index contributed by atoms with van der Waals surface area (Å²) in [4.78, 5) is 51.9. The maximum atomic E-state index is 13.0. The summed E-state index contributed by atoms with van der Waals surface area (Å²) in [6, 6.07) is 2.83. The smallest absolute Gasteiger partial charge is 0.298 e. The zero-order chi connectivity index (χ0) is 22.2. The molecule has 0 aromatic heterocycles. The van der Waals surface area contributed by atoms with Crippen LogP contribution in [0.15, 0.2) is 40.2 Å². The summed E-state index contributed by atoms with van der Waals surface area (Å²) < 4.78 is 4.75. The lowest BCUT2D eigenvalue weighted by Crippen LogP contribution is -2.46. The Bertz CT molecular complexity index is 1060. The van der Waals surface area contributed by atoms with Crippen molar-refractivity contribution < 1.29 is 23.9 Å². The van der Waals surface area contributed by atoms with E-state index in [0.29, 0.717) is 5.57 Å². The molecule has 1 heterocycles. The van der Waals surface area contributed by atoms with E-state index in [1.165, 1.54) is 25.1 Å². The second kappa shape index (κ2) is 8.04. The predicted molar refractivity (Wildman–Crippen MR) is 111 cm³/mol. The van der Waals surface area contributed by atoms with Gasteiger partial charge in [0, 0.05) is 24.3 Å². The van der Waals surface area contributed by atoms with Gasteiger partial charge in [-0.3, -0.25) is 19.2 Å². The molecule has 0 atom stereocenters. The number of amides is 2. The average molecular weight is 450 g/mol. The Kier molecular flexibility index (Phi) is 5.83. The van der Waals surface area contributed by atoms with Crippen molar-refractivity contribution >= 4 is 58.7 Å². The minimum Gasteiger partial charge on any atom is -0.426 e. The summed E-state index contributed by atoms with van der Waals surface area (Å²) in [5, 5.41) is 5.32. The van der Waals surface area contributed by atoms with Crippen molar-refractivity contribution in [2.45, 2.75) is 27.2 Å². The lowest BCUT2D eigenvalue weighted by molar-refractivity contribution is -0.124. The predicted octanol–water partition coefficient (Wildman–Crippen LogP) is 3.00. The van der Waals surface area contributed by atoms with E-state index in [1.807, 2.05) is 0 Å². The molecule has 1 aliphatic heterocycles. The average Bonchev–Trinajstić information content (AvgIpc) is 2.60. The zero-order valence-electron chi connectivity index (χ0n) is 16.3. The Hall–Kier alpha value is -2.97. The summed E-state index contributed by atoms with van der Waals surface area (Å²) >= 11 is 12.2. The van der Waals surface area contributed by atoms with E-state index in [0.717, 1.165) is 0 Å². The molecule has 8 nitrogen and oxygen atoms in total. The minimum absolute atomic E-state index is 0.0161. The van der Waals surface area contributed by atoms with Crippen LogP contribution in [0.25, 0.3) is 0 Å². The van der Waals surface area contributed by atoms with Gasteiger partial charge < -0.3 is 15.4 Å². The Morgan fingerprint density at radius 1 is 1.27 bits per heavy atom. The van der Waals surface area contributed by atoms with Crippen molar-refractivity contribution in [3.63, 3.8) is 0 Å². The fourth-order valence-electron chi connectivity index (χ4n) is 3.38. The summed E-state index contributed by atoms with van der Waals surface area (Å²) in [5.74, 6) is -1.09. The maximum Gasteiger partial charge on any atom is 0.298 e. The number of nitrogens with zero attached hydrogens (tertiary/aromatic N) is 1. The van der Waals surface area contributed by atoms with Crippen molar-refractivity contribution in [1.29, 1.82) is 0 Å². The van der Waals surface area contributed by atoms with Crippen LogP contribution in [0.4, 0.5) is 5.69 Å². The number of hydrogen-bond donors (Lipinski definition) is 2. The van der Waals surface area contributed by atoms with Gasteiger partial charge in [0.25, 0.3) is 6.47 Å². The van der Waals surface area contributed by atoms with Crippen LogP contribution in [-0.4, -0.2) is 29.8 Å². The summed E-state index contributed by atoms with van der Waals surface area (Å²) in [5.41, 5.74) is 0.397. The van der Waals surface area contributed by atoms with Crippen molar-refractivity contribution in [1.82, 2.24) is 10.6 Å². The number of rotatable bonds is 4. The van der Waals surface area contributed by atoms with Gasteiger partial charge in [0.15, 0.2) is 5.75 Å². The number of carbonyl (C=O) groups excluding carboxylic acids is 4. The number of hydrogen-bond acceptors (Lipinski definition) is 6. The highest BCUT2D eigenvalue weighted by Crippen LogP contribution is 2.41. The van der Waals surface area contributed by atoms with E-state index in [1.54, 1.807) is 13.8 Å². The molecule has 2 amide bonds. The van der Waals surface area contributed by atoms with Gasteiger partial charge in [0.05, 0.1) is 32.8 Å². The highest BCUT2D eigenvalue weighted by molar-refractivity contribution is 6.37. The van der Waals surface area contributed by atoms with Crippen molar-refractivity contribution in [2.24, 2.45) is 10.4 Å². The van der Waals surface area contributed by atoms with Crippen LogP contribution in [-0.2, 0) is 19.2 Å². The first-order valence-corrected chi connectivity index (χ1v) is 9.56. The van der Waals surface area contributed by atoms with E-state index >= 15 is 0 Å². The molecule has 0 fully saturated rings. The summed E-state index contributed by atoms with van der Waals surface area (Å²) in [6.45, 7) is 5.03. The number of ether oxygens (including phenoxy) is 1. The van der Waals surface area contributed by atoms with E-state index in [9.17, 15) is 19.2 Å². The van der Waals surface area contributed by atoms with Crippen molar-refractivity contribution in [3.05, 3.63) is 45.2 Å². The Morgan fingerprint density at radius 2 is 1.90 bits per heavy atom. The van der Waals surface area contributed by atoms with Gasteiger partial charge in [-0.15, -0.1) is 0 Å². The Balaban J connectivity index is 2.19. The number of ketones is 1. The van der Waals surface area contributed by atoms with Crippen LogP contribution >= 0.6 is 23.2 Å². The number of halogens is 2. The molecule has 2 aliphatic rings. The molecule has 30 heavy (non-hydrogen) atoms. The third kappa shape index (κ3) is 4.15. The highest BCUT2D eigenvalue weighted by Gasteiger charge is 2.42. The van der Waals surface area contributed by atoms with Crippen LogP contribution in [0, 0.1) is 5.41 Å². The molecule has 1 aromatic carbocycles. The number of nitrogens with one attached hydrogen (secondary N) is 2. The van der Waals surface area contributed by atoms with Gasteiger partial charge in [-0.25, -0.2) is 4.99 Å². The molecule has 0 saturated carbocycles. The molecule has 3 rings (SSSR count). The fraction of sp³-hybridized carbons (Fsp3) is 0.250. The highest BCUT2D eigenvalue weighted by atomic mass is 35.5. The van der Waals surface area contributed by atoms with Gasteiger partial charge in [0.2, 0.25) is 17.6 Å². The lowest BCUT2D eigenvalue weighted by atomic mass is 9.72. The van der Waals surface area contributed by atoms with Crippen LogP contribution in [0.2, 0.25) is 10.0 Å². The molecule has 0 bridgehead atoms. The van der Waals surface area contributed by atoms with E-state index < -0.39 is 17.1 Å². The van der Waals surface area contributed by atoms with E-state index in [-0.39, 0.29) is 57.4 Å². The SMILES string of the molecule is CC(=O)NC1=CC(=Nc2cc(Cl)c(OC=O)c(Cl)c2)C2=C(C1=O)C(C)(C)CC(=O)N2. The monoisotopic (exact) mass is 449 g/mol. The summed E-state index contributed by atoms with van der Waals surface area (Å²) in [7, 11) is 0. The van der Waals surface area contributed by atoms with Gasteiger partial charge >= 0.3 is 0 Å².